The lowest BCUT2D eigenvalue weighted by atomic mass is 10.2. The average molecular weight is 242 g/mol. The predicted octanol–water partition coefficient (Wildman–Crippen LogP) is 3.07. The Bertz CT molecular complexity index is 311. The molecule has 0 spiro atoms. The summed E-state index contributed by atoms with van der Waals surface area (Å²) in [6.07, 6.45) is 3.97. The van der Waals surface area contributed by atoms with Crippen LogP contribution in [0.2, 0.25) is 0 Å². The van der Waals surface area contributed by atoms with Crippen molar-refractivity contribution in [2.24, 2.45) is 0 Å². The molecule has 1 aromatic rings. The molecule has 1 saturated carbocycles. The number of nitrogens with zero attached hydrogens (tertiary/aromatic N) is 1. The van der Waals surface area contributed by atoms with Crippen LogP contribution >= 0.6 is 23.1 Å². The summed E-state index contributed by atoms with van der Waals surface area (Å²) in [6.45, 7) is 5.35. The molecular formula is C11H18N2S2. The van der Waals surface area contributed by atoms with Crippen molar-refractivity contribution in [3.05, 3.63) is 11.1 Å². The highest BCUT2D eigenvalue weighted by atomic mass is 32.2. The second-order valence-corrected chi connectivity index (χ2v) is 6.47. The minimum atomic E-state index is 0.744. The van der Waals surface area contributed by atoms with Crippen molar-refractivity contribution in [2.45, 2.75) is 48.7 Å². The molecule has 2 atom stereocenters. The fourth-order valence-electron chi connectivity index (χ4n) is 2.05. The van der Waals surface area contributed by atoms with Gasteiger partial charge in [0.05, 0.1) is 0 Å². The summed E-state index contributed by atoms with van der Waals surface area (Å²) in [7, 11) is 0. The van der Waals surface area contributed by atoms with Crippen molar-refractivity contribution in [1.82, 2.24) is 10.3 Å². The normalized spacial score (nSPS) is 26.0. The van der Waals surface area contributed by atoms with E-state index in [0.29, 0.717) is 0 Å². The first-order valence-electron chi connectivity index (χ1n) is 5.60. The zero-order valence-corrected chi connectivity index (χ0v) is 11.0. The van der Waals surface area contributed by atoms with Crippen LogP contribution in [0.5, 0.6) is 0 Å². The maximum atomic E-state index is 4.51. The molecule has 1 N–H and O–H groups in total. The fourth-order valence-corrected chi connectivity index (χ4v) is 4.41. The minimum Gasteiger partial charge on any atom is -0.314 e. The third-order valence-corrected chi connectivity index (χ3v) is 5.13. The van der Waals surface area contributed by atoms with E-state index in [9.17, 15) is 0 Å². The van der Waals surface area contributed by atoms with Gasteiger partial charge in [-0.25, -0.2) is 4.98 Å². The molecule has 0 aromatic carbocycles. The van der Waals surface area contributed by atoms with Gasteiger partial charge in [-0.15, -0.1) is 11.3 Å². The summed E-state index contributed by atoms with van der Waals surface area (Å²) >= 11 is 3.75. The van der Waals surface area contributed by atoms with E-state index < -0.39 is 0 Å². The highest BCUT2D eigenvalue weighted by molar-refractivity contribution is 8.01. The summed E-state index contributed by atoms with van der Waals surface area (Å²) in [5.41, 5.74) is 1.16. The van der Waals surface area contributed by atoms with Gasteiger partial charge in [0.15, 0.2) is 0 Å². The van der Waals surface area contributed by atoms with Crippen LogP contribution in [-0.2, 0) is 0 Å². The molecule has 0 amide bonds. The summed E-state index contributed by atoms with van der Waals surface area (Å²) in [6, 6.07) is 0.744. The standard InChI is InChI=1S/C11H18N2S2/c1-3-12-9-4-5-10(6-9)15-11-13-8(2)7-14-11/h7,9-10,12H,3-6H2,1-2H3. The number of thiazole rings is 1. The van der Waals surface area contributed by atoms with Crippen LogP contribution in [0.3, 0.4) is 0 Å². The van der Waals surface area contributed by atoms with E-state index in [2.05, 4.69) is 29.5 Å². The van der Waals surface area contributed by atoms with Crippen molar-refractivity contribution in [3.63, 3.8) is 0 Å². The first kappa shape index (κ1) is 11.4. The number of rotatable bonds is 4. The number of hydrogen-bond donors (Lipinski definition) is 1. The van der Waals surface area contributed by atoms with Gasteiger partial charge in [0.25, 0.3) is 0 Å². The van der Waals surface area contributed by atoms with E-state index in [1.807, 2.05) is 11.8 Å². The van der Waals surface area contributed by atoms with Crippen LogP contribution in [0, 0.1) is 6.92 Å². The van der Waals surface area contributed by atoms with Crippen LogP contribution in [0.25, 0.3) is 0 Å². The smallest absolute Gasteiger partial charge is 0.150 e. The van der Waals surface area contributed by atoms with Gasteiger partial charge in [0.1, 0.15) is 4.34 Å². The Labute approximate surface area is 99.9 Å². The third-order valence-electron chi connectivity index (χ3n) is 2.74. The van der Waals surface area contributed by atoms with Gasteiger partial charge in [-0.2, -0.15) is 0 Å². The van der Waals surface area contributed by atoms with Crippen molar-refractivity contribution in [3.8, 4) is 0 Å². The average Bonchev–Trinajstić information content (AvgIpc) is 2.78. The van der Waals surface area contributed by atoms with Gasteiger partial charge in [0.2, 0.25) is 0 Å². The van der Waals surface area contributed by atoms with Crippen molar-refractivity contribution >= 4 is 23.1 Å². The van der Waals surface area contributed by atoms with Crippen LogP contribution in [-0.4, -0.2) is 22.8 Å². The van der Waals surface area contributed by atoms with E-state index in [1.165, 1.54) is 23.6 Å². The molecule has 0 bridgehead atoms. The van der Waals surface area contributed by atoms with Crippen LogP contribution in [0.15, 0.2) is 9.72 Å². The number of thioether (sulfide) groups is 1. The predicted molar refractivity (Wildman–Crippen MR) is 67.8 cm³/mol. The zero-order chi connectivity index (χ0) is 10.7. The quantitative estimate of drug-likeness (QED) is 0.878. The Kier molecular flexibility index (Phi) is 4.05. The first-order chi connectivity index (χ1) is 7.28. The molecule has 2 nitrogen and oxygen atoms in total. The molecule has 0 saturated heterocycles. The van der Waals surface area contributed by atoms with Crippen LogP contribution in [0.1, 0.15) is 31.9 Å². The van der Waals surface area contributed by atoms with Gasteiger partial charge in [-0.1, -0.05) is 18.7 Å². The summed E-state index contributed by atoms with van der Waals surface area (Å²) in [4.78, 5) is 4.51. The molecule has 2 unspecified atom stereocenters. The highest BCUT2D eigenvalue weighted by Gasteiger charge is 2.25. The summed E-state index contributed by atoms with van der Waals surface area (Å²) in [5.74, 6) is 0. The second kappa shape index (κ2) is 5.32. The molecule has 2 rings (SSSR count). The van der Waals surface area contributed by atoms with Crippen molar-refractivity contribution < 1.29 is 0 Å². The maximum Gasteiger partial charge on any atom is 0.150 e. The molecule has 1 aromatic heterocycles. The van der Waals surface area contributed by atoms with Crippen molar-refractivity contribution in [2.75, 3.05) is 6.54 Å². The van der Waals surface area contributed by atoms with Gasteiger partial charge < -0.3 is 5.32 Å². The van der Waals surface area contributed by atoms with Gasteiger partial charge in [0, 0.05) is 22.4 Å². The van der Waals surface area contributed by atoms with E-state index in [0.717, 1.165) is 23.5 Å². The molecule has 84 valence electrons. The van der Waals surface area contributed by atoms with E-state index in [4.69, 9.17) is 0 Å². The van der Waals surface area contributed by atoms with Gasteiger partial charge in [-0.3, -0.25) is 0 Å². The SMILES string of the molecule is CCNC1CCC(Sc2nc(C)cs2)C1. The number of aryl methyl sites for hydroxylation is 1. The third kappa shape index (κ3) is 3.20. The Hall–Kier alpha value is -0.0600. The topological polar surface area (TPSA) is 24.9 Å². The molecule has 1 aliphatic rings. The second-order valence-electron chi connectivity index (χ2n) is 4.06. The summed E-state index contributed by atoms with van der Waals surface area (Å²) < 4.78 is 1.25. The molecular weight excluding hydrogens is 224 g/mol. The Balaban J connectivity index is 1.82. The lowest BCUT2D eigenvalue weighted by molar-refractivity contribution is 0.543. The Morgan fingerprint density at radius 2 is 2.47 bits per heavy atom. The molecule has 0 aliphatic heterocycles. The Morgan fingerprint density at radius 1 is 1.60 bits per heavy atom. The highest BCUT2D eigenvalue weighted by Crippen LogP contribution is 2.36. The number of aromatic nitrogens is 1. The molecule has 15 heavy (non-hydrogen) atoms. The van der Waals surface area contributed by atoms with Gasteiger partial charge >= 0.3 is 0 Å². The van der Waals surface area contributed by atoms with E-state index in [1.54, 1.807) is 11.3 Å². The molecule has 1 heterocycles. The lowest BCUT2D eigenvalue weighted by Crippen LogP contribution is -2.25. The number of hydrogen-bond acceptors (Lipinski definition) is 4. The zero-order valence-electron chi connectivity index (χ0n) is 9.32. The van der Waals surface area contributed by atoms with Gasteiger partial charge in [-0.05, 0) is 32.7 Å². The lowest BCUT2D eigenvalue weighted by Gasteiger charge is -2.10. The largest absolute Gasteiger partial charge is 0.314 e. The van der Waals surface area contributed by atoms with Crippen LogP contribution in [0.4, 0.5) is 0 Å². The summed E-state index contributed by atoms with van der Waals surface area (Å²) in [5, 5.41) is 6.45. The number of nitrogens with one attached hydrogen (secondary N) is 1. The molecule has 4 heteroatoms. The first-order valence-corrected chi connectivity index (χ1v) is 7.36. The molecule has 1 fully saturated rings. The van der Waals surface area contributed by atoms with E-state index in [-0.39, 0.29) is 0 Å². The van der Waals surface area contributed by atoms with E-state index >= 15 is 0 Å². The molecule has 0 radical (unpaired) electrons. The minimum absolute atomic E-state index is 0.744. The Morgan fingerprint density at radius 3 is 3.13 bits per heavy atom. The maximum absolute atomic E-state index is 4.51. The fraction of sp³-hybridized carbons (Fsp3) is 0.727. The van der Waals surface area contributed by atoms with Crippen LogP contribution < -0.4 is 5.32 Å². The monoisotopic (exact) mass is 242 g/mol. The molecule has 1 aliphatic carbocycles. The van der Waals surface area contributed by atoms with Crippen molar-refractivity contribution in [1.29, 1.82) is 0 Å².